The Kier molecular flexibility index (Phi) is 8.71. The van der Waals surface area contributed by atoms with Gasteiger partial charge in [-0.2, -0.15) is 0 Å². The Morgan fingerprint density at radius 2 is 1.02 bits per heavy atom. The van der Waals surface area contributed by atoms with Gasteiger partial charge in [-0.1, -0.05) is 126 Å². The summed E-state index contributed by atoms with van der Waals surface area (Å²) in [5.41, 5.74) is 17.2. The number of benzene rings is 4. The maximum atomic E-state index is 14.2. The van der Waals surface area contributed by atoms with Crippen LogP contribution in [0.25, 0.3) is 11.1 Å². The van der Waals surface area contributed by atoms with E-state index in [2.05, 4.69) is 149 Å². The summed E-state index contributed by atoms with van der Waals surface area (Å²) < 4.78 is 1.10. The van der Waals surface area contributed by atoms with Gasteiger partial charge >= 0.3 is 0 Å². The summed E-state index contributed by atoms with van der Waals surface area (Å²) in [4.78, 5) is 14.2. The molecule has 0 atom stereocenters. The molecule has 0 saturated heterocycles. The molecule has 4 aromatic carbocycles. The third-order valence-corrected chi connectivity index (χ3v) is 10.8. The Morgan fingerprint density at radius 3 is 1.44 bits per heavy atom. The minimum atomic E-state index is -0.114. The number of fused-ring (bicyclic) bond motifs is 4. The van der Waals surface area contributed by atoms with Gasteiger partial charge in [-0.25, -0.2) is 0 Å². The molecule has 0 N–H and O–H groups in total. The molecular weight excluding hydrogens is 661 g/mol. The fourth-order valence-electron chi connectivity index (χ4n) is 7.29. The van der Waals surface area contributed by atoms with Gasteiger partial charge in [-0.15, -0.1) is 11.8 Å². The summed E-state index contributed by atoms with van der Waals surface area (Å²) in [6.45, 7) is 26.0. The van der Waals surface area contributed by atoms with Gasteiger partial charge in [0.2, 0.25) is 0 Å². The lowest BCUT2D eigenvalue weighted by atomic mass is 9.80. The van der Waals surface area contributed by atoms with Crippen molar-refractivity contribution in [2.75, 3.05) is 5.06 Å². The number of anilines is 2. The van der Waals surface area contributed by atoms with Crippen molar-refractivity contribution in [2.45, 2.75) is 105 Å². The quantitative estimate of drug-likeness (QED) is 0.0987. The van der Waals surface area contributed by atoms with Gasteiger partial charge in [0.05, 0.1) is 15.9 Å². The minimum Gasteiger partial charge on any atom is -0.754 e. The number of allylic oxidation sites excluding steroid dienone is 6. The average Bonchev–Trinajstić information content (AvgIpc) is 3.09. The fourth-order valence-corrected chi connectivity index (χ4v) is 7.29. The predicted molar refractivity (Wildman–Crippen MR) is 228 cm³/mol. The van der Waals surface area contributed by atoms with Crippen molar-refractivity contribution in [3.05, 3.63) is 175 Å². The van der Waals surface area contributed by atoms with Crippen molar-refractivity contribution in [1.29, 1.82) is 0 Å². The lowest BCUT2D eigenvalue weighted by Gasteiger charge is -2.41. The van der Waals surface area contributed by atoms with E-state index in [0.29, 0.717) is 22.7 Å². The average molecular weight is 713 g/mol. The molecule has 0 aromatic heterocycles. The van der Waals surface area contributed by atoms with Crippen molar-refractivity contribution in [1.82, 2.24) is 4.76 Å². The molecule has 3 aliphatic rings. The van der Waals surface area contributed by atoms with Crippen LogP contribution < -0.4 is 9.82 Å². The third kappa shape index (κ3) is 6.71. The summed E-state index contributed by atoms with van der Waals surface area (Å²) in [6, 6.07) is 25.0. The summed E-state index contributed by atoms with van der Waals surface area (Å²) in [6.07, 6.45) is 12.0. The van der Waals surface area contributed by atoms with Crippen LogP contribution in [0.4, 0.5) is 22.7 Å². The number of nitrogens with zero attached hydrogens (tertiary/aromatic N) is 2. The largest absolute Gasteiger partial charge is 0.754 e. The minimum absolute atomic E-state index is 0.114. The van der Waals surface area contributed by atoms with Crippen LogP contribution in [-0.4, -0.2) is 0 Å². The summed E-state index contributed by atoms with van der Waals surface area (Å²) >= 11 is 0. The van der Waals surface area contributed by atoms with E-state index in [0.717, 1.165) is 76.6 Å². The van der Waals surface area contributed by atoms with Crippen LogP contribution in [0.1, 0.15) is 128 Å². The lowest BCUT2D eigenvalue weighted by molar-refractivity contribution is 0.588. The number of nitroso groups, excluding NO2 is 1. The normalized spacial score (nSPS) is 15.4. The highest BCUT2D eigenvalue weighted by atomic mass is 16.5. The van der Waals surface area contributed by atoms with E-state index >= 15 is 0 Å². The Morgan fingerprint density at radius 1 is 0.611 bits per heavy atom. The smallest absolute Gasteiger partial charge is 0.272 e. The van der Waals surface area contributed by atoms with Gasteiger partial charge in [0, 0.05) is 61.8 Å². The van der Waals surface area contributed by atoms with Crippen molar-refractivity contribution in [3.63, 3.8) is 0 Å². The molecule has 0 saturated carbocycles. The molecule has 4 heteroatoms. The molecule has 2 aliphatic heterocycles. The fraction of sp³-hybridized carbons (Fsp3) is 0.320. The van der Waals surface area contributed by atoms with Crippen molar-refractivity contribution in [3.8, 4) is 0 Å². The highest BCUT2D eigenvalue weighted by Gasteiger charge is 2.37. The first-order valence-corrected chi connectivity index (χ1v) is 19.0. The first kappa shape index (κ1) is 37.1. The van der Waals surface area contributed by atoms with Gasteiger partial charge in [0.1, 0.15) is 0 Å². The molecule has 2 heterocycles. The molecule has 7 rings (SSSR count). The van der Waals surface area contributed by atoms with E-state index < -0.39 is 0 Å². The Hall–Kier alpha value is -5.24. The topological polar surface area (TPSA) is 46.4 Å². The zero-order valence-corrected chi connectivity index (χ0v) is 33.9. The zero-order valence-electron chi connectivity index (χ0n) is 33.9. The molecular formula is C50H52N2O2. The van der Waals surface area contributed by atoms with Gasteiger partial charge < -0.3 is 10.3 Å². The summed E-state index contributed by atoms with van der Waals surface area (Å²) in [7, 11) is 0. The van der Waals surface area contributed by atoms with Crippen LogP contribution in [0, 0.1) is 22.6 Å². The standard InChI is InChI=1S/C50H52N2O2/c1-47(2,3)33-16-20-37-41(38-21-17-34(48(4,5)6)28-44(38)51(53)43(37)27-33)25-31-14-13-15-32(24-31)26-42-39-22-18-35(49(7,8)9)29-45(39)52(54)46-30-36(50(10,11)12)19-23-40(42)46/h13-24,27-30H,1-12H3. The van der Waals surface area contributed by atoms with Crippen molar-refractivity contribution >= 4 is 33.9 Å². The maximum Gasteiger partial charge on any atom is 0.272 e. The second-order valence-corrected chi connectivity index (χ2v) is 19.1. The Labute approximate surface area is 322 Å². The molecule has 0 radical (unpaired) electrons. The van der Waals surface area contributed by atoms with E-state index in [9.17, 15) is 10.1 Å². The van der Waals surface area contributed by atoms with Gasteiger partial charge in [0.25, 0.3) is 11.4 Å². The van der Waals surface area contributed by atoms with Gasteiger partial charge in [-0.3, -0.25) is 0 Å². The first-order chi connectivity index (χ1) is 25.1. The van der Waals surface area contributed by atoms with E-state index in [1.165, 1.54) is 0 Å². The highest BCUT2D eigenvalue weighted by Crippen LogP contribution is 2.48. The second-order valence-electron chi connectivity index (χ2n) is 19.1. The maximum absolute atomic E-state index is 14.2. The number of hydrogen-bond acceptors (Lipinski definition) is 3. The van der Waals surface area contributed by atoms with E-state index in [1.54, 1.807) is 0 Å². The molecule has 54 heavy (non-hydrogen) atoms. The SMILES string of the molecule is CC(C)(C)c1ccc2c(c1)N([O-])c1cc(C(C)(C)C)ccc1C2=[C+]C1=CC(=C=C2c3ccc(C(C)(C)C)cc3[N+](=O)c3cc(C(C)(C)C)ccc32)C=C[CH-]1. The lowest BCUT2D eigenvalue weighted by Crippen LogP contribution is -2.20. The van der Waals surface area contributed by atoms with E-state index in [4.69, 9.17) is 0 Å². The predicted octanol–water partition coefficient (Wildman–Crippen LogP) is 13.3. The summed E-state index contributed by atoms with van der Waals surface area (Å²) in [5.74, 6) is 0. The van der Waals surface area contributed by atoms with Crippen molar-refractivity contribution in [2.24, 2.45) is 0 Å². The highest BCUT2D eigenvalue weighted by molar-refractivity contribution is 5.99. The Bertz CT molecular complexity index is 2260. The molecule has 0 bridgehead atoms. The van der Waals surface area contributed by atoms with Crippen LogP contribution in [0.5, 0.6) is 0 Å². The third-order valence-electron chi connectivity index (χ3n) is 10.8. The van der Waals surface area contributed by atoms with Crippen LogP contribution in [-0.2, 0) is 21.7 Å². The number of hydrogen-bond donors (Lipinski definition) is 0. The van der Waals surface area contributed by atoms with Crippen LogP contribution >= 0.6 is 0 Å². The molecule has 4 nitrogen and oxygen atoms in total. The number of rotatable bonds is 1. The molecule has 4 aromatic rings. The zero-order chi connectivity index (χ0) is 39.1. The summed E-state index contributed by atoms with van der Waals surface area (Å²) in [5, 5.41) is 15.3. The molecule has 0 amide bonds. The second kappa shape index (κ2) is 12.7. The van der Waals surface area contributed by atoms with Gasteiger partial charge in [-0.05, 0) is 86.8 Å². The molecule has 1 aliphatic carbocycles. The molecule has 274 valence electrons. The molecule has 0 spiro atoms. The van der Waals surface area contributed by atoms with Crippen LogP contribution in [0.2, 0.25) is 0 Å². The van der Waals surface area contributed by atoms with Crippen LogP contribution in [0.3, 0.4) is 0 Å². The van der Waals surface area contributed by atoms with E-state index in [1.807, 2.05) is 42.8 Å². The van der Waals surface area contributed by atoms with E-state index in [-0.39, 0.29) is 21.7 Å². The molecule has 0 fully saturated rings. The van der Waals surface area contributed by atoms with Crippen molar-refractivity contribution < 1.29 is 0 Å². The first-order valence-electron chi connectivity index (χ1n) is 19.0. The monoisotopic (exact) mass is 712 g/mol. The Balaban J connectivity index is 1.43. The molecule has 0 unspecified atom stereocenters. The van der Waals surface area contributed by atoms with Gasteiger partial charge in [0.15, 0.2) is 0 Å². The van der Waals surface area contributed by atoms with Crippen LogP contribution in [0.15, 0.2) is 108 Å².